The highest BCUT2D eigenvalue weighted by Gasteiger charge is 2.13. The molecule has 0 unspecified atom stereocenters. The van der Waals surface area contributed by atoms with Gasteiger partial charge in [-0.3, -0.25) is 0 Å². The fraction of sp³-hybridized carbons (Fsp3) is 0.533. The molecule has 0 radical (unpaired) electrons. The molecule has 0 amide bonds. The normalized spacial score (nSPS) is 11.7. The predicted octanol–water partition coefficient (Wildman–Crippen LogP) is 4.06. The van der Waals surface area contributed by atoms with E-state index >= 15 is 0 Å². The second-order valence-electron chi connectivity index (χ2n) is 4.90. The van der Waals surface area contributed by atoms with Crippen molar-refractivity contribution in [3.05, 3.63) is 28.2 Å². The number of alkyl halides is 1. The molecule has 0 saturated heterocycles. The Hall–Kier alpha value is -0.650. The molecule has 0 N–H and O–H groups in total. The van der Waals surface area contributed by atoms with Gasteiger partial charge in [-0.2, -0.15) is 0 Å². The lowest BCUT2D eigenvalue weighted by Crippen LogP contribution is -2.27. The summed E-state index contributed by atoms with van der Waals surface area (Å²) in [6.45, 7) is 8.13. The lowest BCUT2D eigenvalue weighted by molar-refractivity contribution is 0.290. The van der Waals surface area contributed by atoms with Crippen LogP contribution in [0.15, 0.2) is 16.6 Å². The minimum Gasteiger partial charge on any atom is -0.327 e. The molecule has 116 valence electrons. The fourth-order valence-electron chi connectivity index (χ4n) is 2.48. The summed E-state index contributed by atoms with van der Waals surface area (Å²) in [6.07, 6.45) is 0.688. The van der Waals surface area contributed by atoms with Gasteiger partial charge in [0.05, 0.1) is 15.5 Å². The molecule has 1 aromatic heterocycles. The van der Waals surface area contributed by atoms with Crippen molar-refractivity contribution < 1.29 is 4.39 Å². The molecular weight excluding hydrogens is 357 g/mol. The standard InChI is InChI=1S/C15H20BrClFN3/c1-3-20(4-2)7-8-21-14-9-11(16)12(18)10-13(14)19-15(21)5-6-17/h9-10H,3-8H2,1-2H3. The molecule has 0 aliphatic carbocycles. The molecule has 0 bridgehead atoms. The summed E-state index contributed by atoms with van der Waals surface area (Å²) < 4.78 is 16.3. The fourth-order valence-corrected chi connectivity index (χ4v) is 2.98. The van der Waals surface area contributed by atoms with Crippen LogP contribution in [0.1, 0.15) is 19.7 Å². The van der Waals surface area contributed by atoms with Gasteiger partial charge in [-0.05, 0) is 35.1 Å². The number of rotatable bonds is 7. The third kappa shape index (κ3) is 3.76. The van der Waals surface area contributed by atoms with Crippen LogP contribution < -0.4 is 0 Å². The highest BCUT2D eigenvalue weighted by atomic mass is 79.9. The first kappa shape index (κ1) is 16.7. The van der Waals surface area contributed by atoms with Crippen molar-refractivity contribution in [3.8, 4) is 0 Å². The Balaban J connectivity index is 2.38. The van der Waals surface area contributed by atoms with E-state index in [1.165, 1.54) is 6.07 Å². The minimum absolute atomic E-state index is 0.284. The van der Waals surface area contributed by atoms with Gasteiger partial charge in [-0.25, -0.2) is 9.37 Å². The van der Waals surface area contributed by atoms with Crippen molar-refractivity contribution in [2.24, 2.45) is 0 Å². The van der Waals surface area contributed by atoms with Gasteiger partial charge in [0.2, 0.25) is 0 Å². The number of benzene rings is 1. The van der Waals surface area contributed by atoms with E-state index in [-0.39, 0.29) is 5.82 Å². The highest BCUT2D eigenvalue weighted by molar-refractivity contribution is 9.10. The Morgan fingerprint density at radius 2 is 2.05 bits per heavy atom. The molecule has 1 aromatic carbocycles. The summed E-state index contributed by atoms with van der Waals surface area (Å²) in [5.41, 5.74) is 1.64. The van der Waals surface area contributed by atoms with E-state index in [1.807, 2.05) is 0 Å². The zero-order valence-corrected chi connectivity index (χ0v) is 14.7. The molecule has 0 saturated carbocycles. The van der Waals surface area contributed by atoms with E-state index in [0.29, 0.717) is 22.3 Å². The number of aryl methyl sites for hydroxylation is 1. The zero-order valence-electron chi connectivity index (χ0n) is 12.4. The minimum atomic E-state index is -0.284. The zero-order chi connectivity index (χ0) is 15.4. The van der Waals surface area contributed by atoms with E-state index in [1.54, 1.807) is 6.07 Å². The number of hydrogen-bond donors (Lipinski definition) is 0. The maximum Gasteiger partial charge on any atom is 0.139 e. The van der Waals surface area contributed by atoms with Gasteiger partial charge in [-0.15, -0.1) is 11.6 Å². The Bertz CT molecular complexity index is 610. The maximum atomic E-state index is 13.7. The molecule has 0 fully saturated rings. The largest absolute Gasteiger partial charge is 0.327 e. The summed E-state index contributed by atoms with van der Waals surface area (Å²) >= 11 is 9.12. The van der Waals surface area contributed by atoms with E-state index in [2.05, 4.69) is 44.2 Å². The molecule has 0 aliphatic rings. The van der Waals surface area contributed by atoms with Gasteiger partial charge in [0, 0.05) is 31.5 Å². The molecule has 3 nitrogen and oxygen atoms in total. The second-order valence-corrected chi connectivity index (χ2v) is 6.13. The average molecular weight is 377 g/mol. The third-order valence-corrected chi connectivity index (χ3v) is 4.52. The van der Waals surface area contributed by atoms with Crippen LogP contribution in [-0.2, 0) is 13.0 Å². The van der Waals surface area contributed by atoms with Crippen molar-refractivity contribution in [2.75, 3.05) is 25.5 Å². The van der Waals surface area contributed by atoms with Crippen molar-refractivity contribution in [2.45, 2.75) is 26.8 Å². The van der Waals surface area contributed by atoms with Crippen LogP contribution in [0.25, 0.3) is 11.0 Å². The first-order valence-electron chi connectivity index (χ1n) is 7.23. The van der Waals surface area contributed by atoms with Gasteiger partial charge in [0.25, 0.3) is 0 Å². The summed E-state index contributed by atoms with van der Waals surface area (Å²) in [6, 6.07) is 3.28. The first-order valence-corrected chi connectivity index (χ1v) is 8.55. The Kier molecular flexibility index (Phi) is 6.02. The number of halogens is 3. The molecule has 0 aliphatic heterocycles. The maximum absolute atomic E-state index is 13.7. The number of fused-ring (bicyclic) bond motifs is 1. The van der Waals surface area contributed by atoms with Crippen LogP contribution in [0, 0.1) is 5.82 Å². The summed E-state index contributed by atoms with van der Waals surface area (Å²) in [7, 11) is 0. The average Bonchev–Trinajstić information content (AvgIpc) is 2.78. The lowest BCUT2D eigenvalue weighted by Gasteiger charge is -2.19. The molecule has 0 atom stereocenters. The van der Waals surface area contributed by atoms with Crippen LogP contribution >= 0.6 is 27.5 Å². The monoisotopic (exact) mass is 375 g/mol. The van der Waals surface area contributed by atoms with E-state index in [4.69, 9.17) is 11.6 Å². The number of likely N-dealkylation sites (N-methyl/N-ethyl adjacent to an activating group) is 1. The van der Waals surface area contributed by atoms with Crippen LogP contribution in [0.3, 0.4) is 0 Å². The van der Waals surface area contributed by atoms with Gasteiger partial charge in [-0.1, -0.05) is 13.8 Å². The van der Waals surface area contributed by atoms with Crippen molar-refractivity contribution >= 4 is 38.6 Å². The molecule has 1 heterocycles. The predicted molar refractivity (Wildman–Crippen MR) is 89.6 cm³/mol. The number of nitrogens with zero attached hydrogens (tertiary/aromatic N) is 3. The van der Waals surface area contributed by atoms with Gasteiger partial charge in [0.1, 0.15) is 11.6 Å². The van der Waals surface area contributed by atoms with Crippen molar-refractivity contribution in [1.29, 1.82) is 0 Å². The molecular formula is C15H20BrClFN3. The van der Waals surface area contributed by atoms with Crippen LogP contribution in [-0.4, -0.2) is 40.0 Å². The quantitative estimate of drug-likeness (QED) is 0.679. The van der Waals surface area contributed by atoms with Crippen LogP contribution in [0.5, 0.6) is 0 Å². The van der Waals surface area contributed by atoms with Gasteiger partial charge < -0.3 is 9.47 Å². The van der Waals surface area contributed by atoms with E-state index in [0.717, 1.165) is 37.5 Å². The van der Waals surface area contributed by atoms with Crippen LogP contribution in [0.2, 0.25) is 0 Å². The molecule has 2 aromatic rings. The highest BCUT2D eigenvalue weighted by Crippen LogP contribution is 2.24. The Morgan fingerprint density at radius 1 is 1.33 bits per heavy atom. The van der Waals surface area contributed by atoms with E-state index < -0.39 is 0 Å². The topological polar surface area (TPSA) is 21.1 Å². The first-order chi connectivity index (χ1) is 10.1. The summed E-state index contributed by atoms with van der Waals surface area (Å²) in [5, 5.41) is 0. The van der Waals surface area contributed by atoms with Gasteiger partial charge in [0.15, 0.2) is 0 Å². The Labute approximate surface area is 138 Å². The smallest absolute Gasteiger partial charge is 0.139 e. The lowest BCUT2D eigenvalue weighted by atomic mass is 10.3. The molecule has 0 spiro atoms. The van der Waals surface area contributed by atoms with Crippen LogP contribution in [0.4, 0.5) is 4.39 Å². The third-order valence-electron chi connectivity index (χ3n) is 3.72. The van der Waals surface area contributed by atoms with E-state index in [9.17, 15) is 4.39 Å². The number of aromatic nitrogens is 2. The Morgan fingerprint density at radius 3 is 2.67 bits per heavy atom. The number of imidazole rings is 1. The molecule has 6 heteroatoms. The van der Waals surface area contributed by atoms with Crippen molar-refractivity contribution in [3.63, 3.8) is 0 Å². The molecule has 21 heavy (non-hydrogen) atoms. The van der Waals surface area contributed by atoms with Crippen molar-refractivity contribution in [1.82, 2.24) is 14.5 Å². The summed E-state index contributed by atoms with van der Waals surface area (Å²) in [5.74, 6) is 1.15. The summed E-state index contributed by atoms with van der Waals surface area (Å²) in [4.78, 5) is 6.89. The number of hydrogen-bond acceptors (Lipinski definition) is 2. The van der Waals surface area contributed by atoms with Gasteiger partial charge >= 0.3 is 0 Å². The molecule has 2 rings (SSSR count). The SMILES string of the molecule is CCN(CC)CCn1c(CCCl)nc2cc(F)c(Br)cc21. The second kappa shape index (κ2) is 7.56.